The van der Waals surface area contributed by atoms with Gasteiger partial charge in [0.1, 0.15) is 11.6 Å². The van der Waals surface area contributed by atoms with Crippen molar-refractivity contribution in [3.63, 3.8) is 0 Å². The molecule has 0 bridgehead atoms. The average molecular weight is 320 g/mol. The second-order valence-corrected chi connectivity index (χ2v) is 6.40. The van der Waals surface area contributed by atoms with Gasteiger partial charge >= 0.3 is 0 Å². The zero-order valence-corrected chi connectivity index (χ0v) is 14.8. The summed E-state index contributed by atoms with van der Waals surface area (Å²) in [5, 5.41) is 0. The van der Waals surface area contributed by atoms with E-state index in [1.54, 1.807) is 7.11 Å². The van der Waals surface area contributed by atoms with Crippen molar-refractivity contribution < 1.29 is 4.74 Å². The van der Waals surface area contributed by atoms with Crippen LogP contribution in [0.3, 0.4) is 0 Å². The van der Waals surface area contributed by atoms with Crippen molar-refractivity contribution in [3.05, 3.63) is 82.9 Å². The molecule has 3 heteroatoms. The Bertz CT molecular complexity index is 798. The first-order valence-corrected chi connectivity index (χ1v) is 8.29. The smallest absolute Gasteiger partial charge is 0.118 e. The third-order valence-corrected chi connectivity index (χ3v) is 4.39. The third-order valence-electron chi connectivity index (χ3n) is 4.39. The number of hydrogen-bond donors (Lipinski definition) is 0. The van der Waals surface area contributed by atoms with Crippen LogP contribution in [0.1, 0.15) is 40.9 Å². The second-order valence-electron chi connectivity index (χ2n) is 6.40. The average Bonchev–Trinajstić information content (AvgIpc) is 3.02. The molecule has 2 aromatic carbocycles. The molecule has 0 aliphatic heterocycles. The lowest BCUT2D eigenvalue weighted by molar-refractivity contribution is 0.414. The van der Waals surface area contributed by atoms with Gasteiger partial charge in [0.25, 0.3) is 0 Å². The van der Waals surface area contributed by atoms with E-state index in [-0.39, 0.29) is 5.92 Å². The van der Waals surface area contributed by atoms with E-state index in [1.165, 1.54) is 22.3 Å². The Morgan fingerprint density at radius 1 is 1.04 bits per heavy atom. The van der Waals surface area contributed by atoms with Crippen molar-refractivity contribution in [1.82, 2.24) is 9.55 Å². The van der Waals surface area contributed by atoms with Crippen LogP contribution in [0, 0.1) is 13.8 Å². The van der Waals surface area contributed by atoms with E-state index < -0.39 is 0 Å². The number of aromatic nitrogens is 2. The first kappa shape index (κ1) is 16.3. The number of ether oxygens (including phenoxy) is 1. The minimum Gasteiger partial charge on any atom is -0.497 e. The van der Waals surface area contributed by atoms with Crippen LogP contribution in [0.4, 0.5) is 0 Å². The fourth-order valence-electron chi connectivity index (χ4n) is 3.17. The number of hydrogen-bond acceptors (Lipinski definition) is 2. The van der Waals surface area contributed by atoms with Crippen LogP contribution < -0.4 is 4.74 Å². The molecule has 3 rings (SSSR count). The van der Waals surface area contributed by atoms with E-state index >= 15 is 0 Å². The van der Waals surface area contributed by atoms with Crippen LogP contribution in [-0.2, 0) is 6.54 Å². The quantitative estimate of drug-likeness (QED) is 0.681. The molecule has 0 N–H and O–H groups in total. The summed E-state index contributed by atoms with van der Waals surface area (Å²) in [5.74, 6) is 2.24. The van der Waals surface area contributed by atoms with Gasteiger partial charge in [-0.1, -0.05) is 48.4 Å². The lowest BCUT2D eigenvalue weighted by atomic mass is 9.96. The number of imidazole rings is 1. The highest BCUT2D eigenvalue weighted by Gasteiger charge is 2.15. The minimum absolute atomic E-state index is 0.261. The fraction of sp³-hybridized carbons (Fsp3) is 0.286. The summed E-state index contributed by atoms with van der Waals surface area (Å²) in [7, 11) is 1.69. The Labute approximate surface area is 143 Å². The van der Waals surface area contributed by atoms with Crippen molar-refractivity contribution in [3.8, 4) is 5.75 Å². The summed E-state index contributed by atoms with van der Waals surface area (Å²) in [4.78, 5) is 4.62. The second kappa shape index (κ2) is 6.91. The summed E-state index contributed by atoms with van der Waals surface area (Å²) >= 11 is 0. The molecule has 0 saturated heterocycles. The standard InChI is InChI=1S/C21H24N2O/c1-15-11-16(2)13-19(12-15)17(3)21-22-9-10-23(21)14-18-5-7-20(24-4)8-6-18/h5-13,17H,14H2,1-4H3. The number of rotatable bonds is 5. The van der Waals surface area contributed by atoms with Crippen molar-refractivity contribution >= 4 is 0 Å². The highest BCUT2D eigenvalue weighted by Crippen LogP contribution is 2.25. The SMILES string of the molecule is COc1ccc(Cn2ccnc2C(C)c2cc(C)cc(C)c2)cc1. The highest BCUT2D eigenvalue weighted by molar-refractivity contribution is 5.34. The normalized spacial score (nSPS) is 12.2. The molecule has 0 aliphatic rings. The number of nitrogens with zero attached hydrogens (tertiary/aromatic N) is 2. The topological polar surface area (TPSA) is 27.1 Å². The van der Waals surface area contributed by atoms with Crippen LogP contribution in [0.15, 0.2) is 54.9 Å². The zero-order chi connectivity index (χ0) is 17.1. The number of benzene rings is 2. The summed E-state index contributed by atoms with van der Waals surface area (Å²) < 4.78 is 7.45. The Morgan fingerprint density at radius 3 is 2.33 bits per heavy atom. The molecule has 0 saturated carbocycles. The van der Waals surface area contributed by atoms with E-state index in [9.17, 15) is 0 Å². The lowest BCUT2D eigenvalue weighted by Gasteiger charge is -2.16. The Morgan fingerprint density at radius 2 is 1.71 bits per heavy atom. The van der Waals surface area contributed by atoms with Crippen molar-refractivity contribution in [2.75, 3.05) is 7.11 Å². The van der Waals surface area contributed by atoms with Gasteiger partial charge in [0.2, 0.25) is 0 Å². The first-order valence-electron chi connectivity index (χ1n) is 8.29. The third kappa shape index (κ3) is 3.51. The van der Waals surface area contributed by atoms with E-state index in [0.29, 0.717) is 0 Å². The molecule has 0 aliphatic carbocycles. The maximum absolute atomic E-state index is 5.23. The van der Waals surface area contributed by atoms with E-state index in [0.717, 1.165) is 18.1 Å². The van der Waals surface area contributed by atoms with E-state index in [1.807, 2.05) is 18.3 Å². The van der Waals surface area contributed by atoms with Gasteiger partial charge in [0.05, 0.1) is 7.11 Å². The molecular formula is C21H24N2O. The molecule has 0 radical (unpaired) electrons. The minimum atomic E-state index is 0.261. The van der Waals surface area contributed by atoms with Crippen LogP contribution in [-0.4, -0.2) is 16.7 Å². The van der Waals surface area contributed by atoms with E-state index in [4.69, 9.17) is 4.74 Å². The van der Waals surface area contributed by atoms with Crippen molar-refractivity contribution in [2.24, 2.45) is 0 Å². The van der Waals surface area contributed by atoms with Gasteiger partial charge in [-0.05, 0) is 37.1 Å². The highest BCUT2D eigenvalue weighted by atomic mass is 16.5. The zero-order valence-electron chi connectivity index (χ0n) is 14.8. The van der Waals surface area contributed by atoms with E-state index in [2.05, 4.69) is 66.9 Å². The Balaban J connectivity index is 1.86. The van der Waals surface area contributed by atoms with Crippen molar-refractivity contribution in [2.45, 2.75) is 33.2 Å². The molecule has 1 aromatic heterocycles. The maximum Gasteiger partial charge on any atom is 0.118 e. The predicted octanol–water partition coefficient (Wildman–Crippen LogP) is 4.71. The van der Waals surface area contributed by atoms with Gasteiger partial charge in [-0.3, -0.25) is 0 Å². The van der Waals surface area contributed by atoms with Gasteiger partial charge in [0.15, 0.2) is 0 Å². The largest absolute Gasteiger partial charge is 0.497 e. The lowest BCUT2D eigenvalue weighted by Crippen LogP contribution is -2.09. The summed E-state index contributed by atoms with van der Waals surface area (Å²) in [6, 6.07) is 14.9. The molecule has 1 heterocycles. The molecule has 3 nitrogen and oxygen atoms in total. The van der Waals surface area contributed by atoms with Gasteiger partial charge in [-0.25, -0.2) is 4.98 Å². The predicted molar refractivity (Wildman–Crippen MR) is 97.8 cm³/mol. The first-order chi connectivity index (χ1) is 11.6. The van der Waals surface area contributed by atoms with Gasteiger partial charge in [-0.2, -0.15) is 0 Å². The molecule has 1 atom stereocenters. The summed E-state index contributed by atoms with van der Waals surface area (Å²) in [6.07, 6.45) is 3.94. The van der Waals surface area contributed by atoms with Gasteiger partial charge < -0.3 is 9.30 Å². The molecule has 0 spiro atoms. The Hall–Kier alpha value is -2.55. The number of methoxy groups -OCH3 is 1. The molecule has 0 amide bonds. The van der Waals surface area contributed by atoms with Crippen molar-refractivity contribution in [1.29, 1.82) is 0 Å². The molecule has 24 heavy (non-hydrogen) atoms. The van der Waals surface area contributed by atoms with Crippen LogP contribution in [0.5, 0.6) is 5.75 Å². The van der Waals surface area contributed by atoms with Crippen LogP contribution >= 0.6 is 0 Å². The van der Waals surface area contributed by atoms with Gasteiger partial charge in [0, 0.05) is 24.9 Å². The van der Waals surface area contributed by atoms with Gasteiger partial charge in [-0.15, -0.1) is 0 Å². The molecule has 0 fully saturated rings. The maximum atomic E-state index is 5.23. The van der Waals surface area contributed by atoms with Crippen LogP contribution in [0.2, 0.25) is 0 Å². The summed E-state index contributed by atoms with van der Waals surface area (Å²) in [6.45, 7) is 7.33. The fourth-order valence-corrected chi connectivity index (χ4v) is 3.17. The molecule has 124 valence electrons. The number of aryl methyl sites for hydroxylation is 2. The monoisotopic (exact) mass is 320 g/mol. The molecule has 3 aromatic rings. The van der Waals surface area contributed by atoms with Crippen LogP contribution in [0.25, 0.3) is 0 Å². The summed E-state index contributed by atoms with van der Waals surface area (Å²) in [5.41, 5.74) is 5.15. The Kier molecular flexibility index (Phi) is 4.70. The molecule has 1 unspecified atom stereocenters. The molecular weight excluding hydrogens is 296 g/mol.